The molecule has 0 atom stereocenters. The Labute approximate surface area is 157 Å². The van der Waals surface area contributed by atoms with Crippen LogP contribution in [0.15, 0.2) is 40.9 Å². The molecule has 134 valence electrons. The maximum Gasteiger partial charge on any atom is 0.262 e. The van der Waals surface area contributed by atoms with Crippen molar-refractivity contribution >= 4 is 38.6 Å². The number of ether oxygens (including phenoxy) is 1. The van der Waals surface area contributed by atoms with Crippen LogP contribution in [0.4, 0.5) is 4.39 Å². The third-order valence-corrected chi connectivity index (χ3v) is 4.78. The van der Waals surface area contributed by atoms with Crippen LogP contribution in [0.2, 0.25) is 0 Å². The van der Waals surface area contributed by atoms with Crippen LogP contribution in [-0.2, 0) is 11.2 Å². The number of carbonyl (C=O) groups excluding carboxylic acids is 2. The van der Waals surface area contributed by atoms with Gasteiger partial charge in [0.1, 0.15) is 0 Å². The molecular weight excluding hydrogens is 403 g/mol. The molecule has 3 rings (SSSR count). The molecule has 3 aromatic rings. The molecule has 0 aliphatic carbocycles. The zero-order chi connectivity index (χ0) is 19.0. The van der Waals surface area contributed by atoms with Gasteiger partial charge in [0, 0.05) is 27.2 Å². The third kappa shape index (κ3) is 3.10. The van der Waals surface area contributed by atoms with Gasteiger partial charge in [0.2, 0.25) is 5.91 Å². The molecule has 0 spiro atoms. The summed E-state index contributed by atoms with van der Waals surface area (Å²) in [5.41, 5.74) is 7.28. The van der Waals surface area contributed by atoms with Crippen molar-refractivity contribution in [3.05, 3.63) is 63.5 Å². The molecule has 7 heteroatoms. The molecule has 1 heterocycles. The van der Waals surface area contributed by atoms with Gasteiger partial charge in [-0.2, -0.15) is 0 Å². The maximum atomic E-state index is 14.3. The molecule has 0 saturated heterocycles. The molecule has 0 aliphatic rings. The molecular formula is C19H16BrFN2O3. The van der Waals surface area contributed by atoms with Gasteiger partial charge in [0.05, 0.1) is 19.0 Å². The molecule has 1 amide bonds. The zero-order valence-electron chi connectivity index (χ0n) is 14.2. The monoisotopic (exact) mass is 418 g/mol. The van der Waals surface area contributed by atoms with Gasteiger partial charge in [-0.1, -0.05) is 15.9 Å². The summed E-state index contributed by atoms with van der Waals surface area (Å²) < 4.78 is 21.5. The number of nitrogens with two attached hydrogens (primary N) is 1. The average Bonchev–Trinajstić information content (AvgIpc) is 2.85. The van der Waals surface area contributed by atoms with Crippen molar-refractivity contribution in [2.45, 2.75) is 13.3 Å². The highest BCUT2D eigenvalue weighted by atomic mass is 79.9. The number of methoxy groups -OCH3 is 1. The molecule has 26 heavy (non-hydrogen) atoms. The lowest BCUT2D eigenvalue weighted by Gasteiger charge is -2.08. The van der Waals surface area contributed by atoms with E-state index in [4.69, 9.17) is 10.5 Å². The lowest BCUT2D eigenvalue weighted by Crippen LogP contribution is -2.16. The summed E-state index contributed by atoms with van der Waals surface area (Å²) in [4.78, 5) is 24.5. The maximum absolute atomic E-state index is 14.3. The highest BCUT2D eigenvalue weighted by molar-refractivity contribution is 9.10. The van der Waals surface area contributed by atoms with Crippen LogP contribution in [0.1, 0.15) is 21.6 Å². The molecule has 0 aliphatic heterocycles. The fourth-order valence-electron chi connectivity index (χ4n) is 3.02. The summed E-state index contributed by atoms with van der Waals surface area (Å²) in [7, 11) is 1.36. The van der Waals surface area contributed by atoms with E-state index in [1.54, 1.807) is 31.2 Å². The number of fused-ring (bicyclic) bond motifs is 1. The molecule has 0 saturated carbocycles. The Morgan fingerprint density at radius 1 is 1.23 bits per heavy atom. The van der Waals surface area contributed by atoms with Crippen molar-refractivity contribution in [2.75, 3.05) is 7.11 Å². The van der Waals surface area contributed by atoms with Crippen LogP contribution in [0.5, 0.6) is 5.75 Å². The summed E-state index contributed by atoms with van der Waals surface area (Å²) in [6.45, 7) is 1.71. The lowest BCUT2D eigenvalue weighted by atomic mass is 10.1. The first kappa shape index (κ1) is 18.1. The quantitative estimate of drug-likeness (QED) is 0.703. The Kier molecular flexibility index (Phi) is 4.82. The van der Waals surface area contributed by atoms with E-state index in [1.807, 2.05) is 0 Å². The second-order valence-electron chi connectivity index (χ2n) is 5.86. The van der Waals surface area contributed by atoms with Crippen LogP contribution < -0.4 is 10.5 Å². The summed E-state index contributed by atoms with van der Waals surface area (Å²) in [5, 5.41) is 0.560. The lowest BCUT2D eigenvalue weighted by molar-refractivity contribution is -0.117. The molecule has 0 unspecified atom stereocenters. The number of hydrogen-bond donors (Lipinski definition) is 1. The fourth-order valence-corrected chi connectivity index (χ4v) is 3.28. The Morgan fingerprint density at radius 3 is 2.46 bits per heavy atom. The van der Waals surface area contributed by atoms with E-state index in [0.717, 1.165) is 4.47 Å². The number of carbonyl (C=O) groups is 2. The minimum absolute atomic E-state index is 0.0384. The Bertz CT molecular complexity index is 1030. The zero-order valence-corrected chi connectivity index (χ0v) is 15.8. The third-order valence-electron chi connectivity index (χ3n) is 4.25. The highest BCUT2D eigenvalue weighted by Crippen LogP contribution is 2.32. The van der Waals surface area contributed by atoms with Crippen LogP contribution >= 0.6 is 15.9 Å². The standard InChI is InChI=1S/C19H16BrFN2O3/c1-10-13(8-18(22)24)14-7-17(26-2)15(21)9-16(14)23(10)19(25)11-3-5-12(20)6-4-11/h3-7,9H,8H2,1-2H3,(H2,22,24). The second kappa shape index (κ2) is 6.92. The number of hydrogen-bond acceptors (Lipinski definition) is 3. The number of aromatic nitrogens is 1. The summed E-state index contributed by atoms with van der Waals surface area (Å²) in [5.74, 6) is -1.41. The number of rotatable bonds is 4. The second-order valence-corrected chi connectivity index (χ2v) is 6.77. The summed E-state index contributed by atoms with van der Waals surface area (Å²) in [6, 6.07) is 9.57. The molecule has 5 nitrogen and oxygen atoms in total. The number of amides is 1. The highest BCUT2D eigenvalue weighted by Gasteiger charge is 2.22. The van der Waals surface area contributed by atoms with Crippen molar-refractivity contribution in [3.8, 4) is 5.75 Å². The average molecular weight is 419 g/mol. The molecule has 2 N–H and O–H groups in total. The minimum Gasteiger partial charge on any atom is -0.494 e. The van der Waals surface area contributed by atoms with E-state index in [1.165, 1.54) is 23.8 Å². The first-order valence-electron chi connectivity index (χ1n) is 7.79. The van der Waals surface area contributed by atoms with Crippen molar-refractivity contribution in [1.82, 2.24) is 4.57 Å². The van der Waals surface area contributed by atoms with Gasteiger partial charge in [-0.15, -0.1) is 0 Å². The van der Waals surface area contributed by atoms with E-state index in [-0.39, 0.29) is 18.1 Å². The molecule has 0 fully saturated rings. The number of nitrogens with zero attached hydrogens (tertiary/aromatic N) is 1. The number of benzene rings is 2. The topological polar surface area (TPSA) is 74.3 Å². The van der Waals surface area contributed by atoms with Crippen LogP contribution in [0, 0.1) is 12.7 Å². The largest absolute Gasteiger partial charge is 0.494 e. The predicted molar refractivity (Wildman–Crippen MR) is 100.0 cm³/mol. The van der Waals surface area contributed by atoms with E-state index in [2.05, 4.69) is 15.9 Å². The van der Waals surface area contributed by atoms with E-state index < -0.39 is 11.7 Å². The van der Waals surface area contributed by atoms with E-state index in [9.17, 15) is 14.0 Å². The number of primary amides is 1. The van der Waals surface area contributed by atoms with Crippen molar-refractivity contribution in [3.63, 3.8) is 0 Å². The van der Waals surface area contributed by atoms with Crippen molar-refractivity contribution in [1.29, 1.82) is 0 Å². The normalized spacial score (nSPS) is 10.9. The van der Waals surface area contributed by atoms with Crippen LogP contribution in [0.3, 0.4) is 0 Å². The smallest absolute Gasteiger partial charge is 0.262 e. The van der Waals surface area contributed by atoms with Gasteiger partial charge < -0.3 is 10.5 Å². The summed E-state index contributed by atoms with van der Waals surface area (Å²) in [6.07, 6.45) is -0.0578. The molecule has 0 bridgehead atoms. The summed E-state index contributed by atoms with van der Waals surface area (Å²) >= 11 is 3.33. The van der Waals surface area contributed by atoms with Gasteiger partial charge in [-0.05, 0) is 42.8 Å². The van der Waals surface area contributed by atoms with Crippen LogP contribution in [-0.4, -0.2) is 23.5 Å². The molecule has 0 radical (unpaired) electrons. The SMILES string of the molecule is COc1cc2c(CC(N)=O)c(C)n(C(=O)c3ccc(Br)cc3)c2cc1F. The van der Waals surface area contributed by atoms with Crippen LogP contribution in [0.25, 0.3) is 10.9 Å². The first-order chi connectivity index (χ1) is 12.3. The fraction of sp³-hybridized carbons (Fsp3) is 0.158. The van der Waals surface area contributed by atoms with Gasteiger partial charge in [-0.3, -0.25) is 14.2 Å². The van der Waals surface area contributed by atoms with E-state index >= 15 is 0 Å². The number of halogens is 2. The Hall–Kier alpha value is -2.67. The van der Waals surface area contributed by atoms with Gasteiger partial charge in [-0.25, -0.2) is 4.39 Å². The Balaban J connectivity index is 2.28. The molecule has 1 aromatic heterocycles. The van der Waals surface area contributed by atoms with Crippen molar-refractivity contribution in [2.24, 2.45) is 5.73 Å². The minimum atomic E-state index is -0.590. The van der Waals surface area contributed by atoms with Gasteiger partial charge in [0.15, 0.2) is 11.6 Å². The predicted octanol–water partition coefficient (Wildman–Crippen LogP) is 3.58. The van der Waals surface area contributed by atoms with E-state index in [0.29, 0.717) is 27.7 Å². The molecule has 2 aromatic carbocycles. The van der Waals surface area contributed by atoms with Gasteiger partial charge >= 0.3 is 0 Å². The van der Waals surface area contributed by atoms with Crippen molar-refractivity contribution < 1.29 is 18.7 Å². The van der Waals surface area contributed by atoms with Gasteiger partial charge in [0.25, 0.3) is 5.91 Å². The first-order valence-corrected chi connectivity index (χ1v) is 8.58. The Morgan fingerprint density at radius 2 is 1.88 bits per heavy atom.